The van der Waals surface area contributed by atoms with Crippen LogP contribution in [0, 0.1) is 0 Å². The van der Waals surface area contributed by atoms with Gasteiger partial charge in [-0.1, -0.05) is 32.0 Å². The maximum atomic E-state index is 13.2. The highest BCUT2D eigenvalue weighted by atomic mass is 32.2. The Balaban J connectivity index is 1.46. The van der Waals surface area contributed by atoms with Crippen LogP contribution < -0.4 is 10.6 Å². The topological polar surface area (TPSA) is 103 Å². The van der Waals surface area contributed by atoms with Gasteiger partial charge in [0.05, 0.1) is 11.0 Å². The number of aromatic nitrogens is 3. The highest BCUT2D eigenvalue weighted by Gasteiger charge is 2.22. The number of imidazole rings is 1. The van der Waals surface area contributed by atoms with Crippen LogP contribution in [-0.4, -0.2) is 69.6 Å². The summed E-state index contributed by atoms with van der Waals surface area (Å²) in [5, 5.41) is 5.94. The molecule has 0 aliphatic carbocycles. The van der Waals surface area contributed by atoms with Crippen LogP contribution in [0.5, 0.6) is 0 Å². The number of nitrogens with zero attached hydrogens (tertiary/aromatic N) is 3. The largest absolute Gasteiger partial charge is 0.353 e. The van der Waals surface area contributed by atoms with Gasteiger partial charge in [-0.05, 0) is 55.6 Å². The molecule has 0 spiro atoms. The average Bonchev–Trinajstić information content (AvgIpc) is 3.38. The molecule has 192 valence electrons. The Morgan fingerprint density at radius 2 is 1.78 bits per heavy atom. The molecule has 9 heteroatoms. The second kappa shape index (κ2) is 13.0. The summed E-state index contributed by atoms with van der Waals surface area (Å²) in [7, 11) is 0. The molecule has 3 N–H and O–H groups in total. The molecular formula is C28H32N6O2S. The molecule has 4 rings (SSSR count). The first-order valence-corrected chi connectivity index (χ1v) is 13.4. The quantitative estimate of drug-likeness (QED) is 0.246. The molecule has 2 aromatic heterocycles. The van der Waals surface area contributed by atoms with E-state index in [2.05, 4.69) is 44.3 Å². The molecule has 0 saturated carbocycles. The zero-order chi connectivity index (χ0) is 26.0. The van der Waals surface area contributed by atoms with Gasteiger partial charge in [-0.25, -0.2) is 4.98 Å². The molecule has 0 bridgehead atoms. The molecule has 2 aromatic carbocycles. The van der Waals surface area contributed by atoms with Crippen LogP contribution in [0.4, 0.5) is 0 Å². The van der Waals surface area contributed by atoms with Crippen molar-refractivity contribution in [1.29, 1.82) is 0 Å². The van der Waals surface area contributed by atoms with E-state index in [9.17, 15) is 9.59 Å². The van der Waals surface area contributed by atoms with E-state index in [-0.39, 0.29) is 11.8 Å². The average molecular weight is 517 g/mol. The normalized spacial score (nSPS) is 12.0. The standard InChI is InChI=1S/C28H32N6O2S/c1-3-34(4-2)17-16-30-28(36)25(19-37-22-8-6-5-7-9-22)33-27(35)21-10-11-23-24(18-21)32-26(31-23)20-12-14-29-15-13-20/h5-15,18,25H,3-4,16-17,19H2,1-2H3,(H,30,36)(H,31,32)(H,33,35)/t25-/m0/s1. The van der Waals surface area contributed by atoms with E-state index in [4.69, 9.17) is 0 Å². The first kappa shape index (κ1) is 26.4. The minimum atomic E-state index is -0.681. The summed E-state index contributed by atoms with van der Waals surface area (Å²) in [6, 6.07) is 18.2. The molecule has 2 amide bonds. The zero-order valence-electron chi connectivity index (χ0n) is 21.1. The minimum Gasteiger partial charge on any atom is -0.353 e. The second-order valence-corrected chi connectivity index (χ2v) is 9.61. The Kier molecular flexibility index (Phi) is 9.29. The van der Waals surface area contributed by atoms with E-state index in [1.807, 2.05) is 48.5 Å². The third kappa shape index (κ3) is 7.18. The predicted molar refractivity (Wildman–Crippen MR) is 149 cm³/mol. The molecule has 1 atom stereocenters. The number of hydrogen-bond acceptors (Lipinski definition) is 6. The number of pyridine rings is 1. The van der Waals surface area contributed by atoms with Crippen molar-refractivity contribution in [3.63, 3.8) is 0 Å². The summed E-state index contributed by atoms with van der Waals surface area (Å²) in [5.74, 6) is 0.636. The summed E-state index contributed by atoms with van der Waals surface area (Å²) < 4.78 is 0. The van der Waals surface area contributed by atoms with Crippen LogP contribution in [0.2, 0.25) is 0 Å². The number of carbonyl (C=O) groups excluding carboxylic acids is 2. The fourth-order valence-corrected chi connectivity index (χ4v) is 4.86. The Morgan fingerprint density at radius 3 is 2.51 bits per heavy atom. The van der Waals surface area contributed by atoms with Crippen molar-refractivity contribution in [2.75, 3.05) is 31.9 Å². The summed E-state index contributed by atoms with van der Waals surface area (Å²) in [6.45, 7) is 7.34. The number of rotatable bonds is 12. The van der Waals surface area contributed by atoms with Crippen LogP contribution in [0.15, 0.2) is 78.0 Å². The van der Waals surface area contributed by atoms with Crippen LogP contribution in [0.1, 0.15) is 24.2 Å². The van der Waals surface area contributed by atoms with E-state index in [0.717, 1.165) is 41.1 Å². The lowest BCUT2D eigenvalue weighted by Gasteiger charge is -2.21. The summed E-state index contributed by atoms with van der Waals surface area (Å²) in [4.78, 5) is 41.5. The number of benzene rings is 2. The van der Waals surface area contributed by atoms with Crippen molar-refractivity contribution in [3.05, 3.63) is 78.6 Å². The summed E-state index contributed by atoms with van der Waals surface area (Å²) >= 11 is 1.54. The lowest BCUT2D eigenvalue weighted by atomic mass is 10.1. The van der Waals surface area contributed by atoms with E-state index in [1.165, 1.54) is 11.8 Å². The zero-order valence-corrected chi connectivity index (χ0v) is 21.9. The Hall–Kier alpha value is -3.69. The Labute approximate surface area is 221 Å². The molecule has 4 aromatic rings. The van der Waals surface area contributed by atoms with Gasteiger partial charge in [0.15, 0.2) is 0 Å². The van der Waals surface area contributed by atoms with Gasteiger partial charge < -0.3 is 20.5 Å². The number of amides is 2. The number of likely N-dealkylation sites (N-methyl/N-ethyl adjacent to an activating group) is 1. The minimum absolute atomic E-state index is 0.188. The number of carbonyl (C=O) groups is 2. The van der Waals surface area contributed by atoms with Crippen molar-refractivity contribution >= 4 is 34.6 Å². The van der Waals surface area contributed by atoms with E-state index >= 15 is 0 Å². The highest BCUT2D eigenvalue weighted by molar-refractivity contribution is 7.99. The molecule has 0 radical (unpaired) electrons. The maximum absolute atomic E-state index is 13.2. The monoisotopic (exact) mass is 516 g/mol. The number of nitrogens with one attached hydrogen (secondary N) is 3. The number of thioether (sulfide) groups is 1. The van der Waals surface area contributed by atoms with Crippen molar-refractivity contribution in [3.8, 4) is 11.4 Å². The third-order valence-electron chi connectivity index (χ3n) is 6.10. The molecule has 2 heterocycles. The third-order valence-corrected chi connectivity index (χ3v) is 7.21. The highest BCUT2D eigenvalue weighted by Crippen LogP contribution is 2.21. The molecular weight excluding hydrogens is 484 g/mol. The smallest absolute Gasteiger partial charge is 0.252 e. The van der Waals surface area contributed by atoms with Crippen LogP contribution in [-0.2, 0) is 4.79 Å². The summed E-state index contributed by atoms with van der Waals surface area (Å²) in [5.41, 5.74) is 2.88. The molecule has 0 aliphatic rings. The number of fused-ring (bicyclic) bond motifs is 1. The molecule has 0 fully saturated rings. The lowest BCUT2D eigenvalue weighted by molar-refractivity contribution is -0.122. The Bertz CT molecular complexity index is 1310. The van der Waals surface area contributed by atoms with Gasteiger partial charge in [0.25, 0.3) is 5.91 Å². The van der Waals surface area contributed by atoms with Crippen LogP contribution in [0.25, 0.3) is 22.4 Å². The van der Waals surface area contributed by atoms with E-state index < -0.39 is 6.04 Å². The van der Waals surface area contributed by atoms with Crippen LogP contribution >= 0.6 is 11.8 Å². The fourth-order valence-electron chi connectivity index (χ4n) is 3.92. The molecule has 0 unspecified atom stereocenters. The van der Waals surface area contributed by atoms with Crippen molar-refractivity contribution in [2.24, 2.45) is 0 Å². The maximum Gasteiger partial charge on any atom is 0.252 e. The fraction of sp³-hybridized carbons (Fsp3) is 0.286. The SMILES string of the molecule is CCN(CC)CCNC(=O)[C@H](CSc1ccccc1)NC(=O)c1ccc2nc(-c3ccncc3)[nH]c2c1. The number of aromatic amines is 1. The van der Waals surface area contributed by atoms with Crippen molar-refractivity contribution < 1.29 is 9.59 Å². The van der Waals surface area contributed by atoms with Gasteiger partial charge in [-0.2, -0.15) is 0 Å². The number of H-pyrrole nitrogens is 1. The molecule has 8 nitrogen and oxygen atoms in total. The molecule has 0 saturated heterocycles. The predicted octanol–water partition coefficient (Wildman–Crippen LogP) is 3.97. The van der Waals surface area contributed by atoms with Gasteiger partial charge >= 0.3 is 0 Å². The van der Waals surface area contributed by atoms with Gasteiger partial charge in [0.1, 0.15) is 11.9 Å². The van der Waals surface area contributed by atoms with E-state index in [0.29, 0.717) is 23.7 Å². The first-order valence-electron chi connectivity index (χ1n) is 12.5. The van der Waals surface area contributed by atoms with Crippen molar-refractivity contribution in [1.82, 2.24) is 30.5 Å². The molecule has 37 heavy (non-hydrogen) atoms. The molecule has 0 aliphatic heterocycles. The lowest BCUT2D eigenvalue weighted by Crippen LogP contribution is -2.49. The summed E-state index contributed by atoms with van der Waals surface area (Å²) in [6.07, 6.45) is 3.42. The van der Waals surface area contributed by atoms with E-state index in [1.54, 1.807) is 24.5 Å². The number of hydrogen-bond donors (Lipinski definition) is 3. The van der Waals surface area contributed by atoms with Gasteiger partial charge in [-0.15, -0.1) is 11.8 Å². The van der Waals surface area contributed by atoms with Gasteiger partial charge in [-0.3, -0.25) is 14.6 Å². The van der Waals surface area contributed by atoms with Crippen molar-refractivity contribution in [2.45, 2.75) is 24.8 Å². The van der Waals surface area contributed by atoms with Gasteiger partial charge in [0.2, 0.25) is 5.91 Å². The second-order valence-electron chi connectivity index (χ2n) is 8.52. The van der Waals surface area contributed by atoms with Crippen LogP contribution in [0.3, 0.4) is 0 Å². The first-order chi connectivity index (χ1) is 18.1. The Morgan fingerprint density at radius 1 is 1.03 bits per heavy atom. The van der Waals surface area contributed by atoms with Gasteiger partial charge in [0, 0.05) is 47.3 Å².